The molecule has 0 saturated heterocycles. The second kappa shape index (κ2) is 4.02. The lowest BCUT2D eigenvalue weighted by Crippen LogP contribution is -2.39. The molecular formula is C15H22N2. The molecule has 0 bridgehead atoms. The van der Waals surface area contributed by atoms with Gasteiger partial charge in [-0.3, -0.25) is 4.90 Å². The van der Waals surface area contributed by atoms with Crippen LogP contribution in [-0.4, -0.2) is 11.4 Å². The summed E-state index contributed by atoms with van der Waals surface area (Å²) in [7, 11) is 0. The van der Waals surface area contributed by atoms with E-state index in [0.717, 1.165) is 18.8 Å². The number of anilines is 1. The van der Waals surface area contributed by atoms with Gasteiger partial charge in [-0.05, 0) is 47.9 Å². The van der Waals surface area contributed by atoms with Gasteiger partial charge in [0.15, 0.2) is 0 Å². The molecule has 0 spiro atoms. The fraction of sp³-hybridized carbons (Fsp3) is 0.600. The van der Waals surface area contributed by atoms with Crippen LogP contribution in [0.4, 0.5) is 5.69 Å². The fourth-order valence-electron chi connectivity index (χ4n) is 3.37. The Labute approximate surface area is 104 Å². The smallest absolute Gasteiger partial charge is 0.0317 e. The molecule has 0 aromatic heterocycles. The van der Waals surface area contributed by atoms with Gasteiger partial charge in [-0.25, -0.2) is 0 Å². The van der Waals surface area contributed by atoms with Crippen molar-refractivity contribution in [2.75, 3.05) is 12.3 Å². The highest BCUT2D eigenvalue weighted by molar-refractivity contribution is 5.46. The number of nitrogen functional groups attached to an aromatic ring is 1. The van der Waals surface area contributed by atoms with Crippen LogP contribution in [0.2, 0.25) is 0 Å². The van der Waals surface area contributed by atoms with Gasteiger partial charge in [0.05, 0.1) is 0 Å². The average Bonchev–Trinajstić information content (AvgIpc) is 2.65. The van der Waals surface area contributed by atoms with Gasteiger partial charge >= 0.3 is 0 Å². The van der Waals surface area contributed by atoms with Gasteiger partial charge in [0.1, 0.15) is 0 Å². The van der Waals surface area contributed by atoms with Crippen LogP contribution in [0.15, 0.2) is 18.2 Å². The lowest BCUT2D eigenvalue weighted by molar-refractivity contribution is 0.0608. The van der Waals surface area contributed by atoms with Crippen LogP contribution < -0.4 is 5.73 Å². The van der Waals surface area contributed by atoms with Gasteiger partial charge in [-0.2, -0.15) is 0 Å². The molecule has 0 unspecified atom stereocenters. The van der Waals surface area contributed by atoms with Crippen molar-refractivity contribution >= 4 is 5.69 Å². The summed E-state index contributed by atoms with van der Waals surface area (Å²) in [5, 5.41) is 0. The van der Waals surface area contributed by atoms with E-state index < -0.39 is 0 Å². The fourth-order valence-corrected chi connectivity index (χ4v) is 3.37. The van der Waals surface area contributed by atoms with E-state index in [4.69, 9.17) is 5.73 Å². The van der Waals surface area contributed by atoms with E-state index in [1.165, 1.54) is 43.4 Å². The third-order valence-corrected chi connectivity index (χ3v) is 4.74. The van der Waals surface area contributed by atoms with E-state index >= 15 is 0 Å². The summed E-state index contributed by atoms with van der Waals surface area (Å²) in [6.45, 7) is 5.85. The van der Waals surface area contributed by atoms with Crippen molar-refractivity contribution in [3.8, 4) is 0 Å². The lowest BCUT2D eigenvalue weighted by Gasteiger charge is -2.44. The van der Waals surface area contributed by atoms with E-state index in [2.05, 4.69) is 24.0 Å². The molecule has 0 radical (unpaired) electrons. The van der Waals surface area contributed by atoms with Gasteiger partial charge in [-0.15, -0.1) is 0 Å². The Hall–Kier alpha value is -1.02. The molecule has 0 amide bonds. The minimum absolute atomic E-state index is 0.633. The number of nitrogens with two attached hydrogens (primary N) is 1. The van der Waals surface area contributed by atoms with Crippen LogP contribution in [0.25, 0.3) is 0 Å². The Bertz CT molecular complexity index is 415. The SMILES string of the molecule is CCC1(CN2Cc3ccc(N)cc3C2)CCC1. The van der Waals surface area contributed by atoms with Crippen LogP contribution in [0, 0.1) is 5.41 Å². The standard InChI is InChI=1S/C15H22N2/c1-2-15(6-3-7-15)11-17-9-12-4-5-14(16)8-13(12)10-17/h4-5,8H,2-3,6-7,9-11,16H2,1H3. The molecule has 2 nitrogen and oxygen atoms in total. The molecule has 2 aliphatic rings. The zero-order valence-electron chi connectivity index (χ0n) is 10.7. The predicted octanol–water partition coefficient (Wildman–Crippen LogP) is 3.16. The van der Waals surface area contributed by atoms with Crippen molar-refractivity contribution in [2.45, 2.75) is 45.7 Å². The topological polar surface area (TPSA) is 29.3 Å². The minimum Gasteiger partial charge on any atom is -0.399 e. The van der Waals surface area contributed by atoms with E-state index in [1.54, 1.807) is 0 Å². The highest BCUT2D eigenvalue weighted by atomic mass is 15.1. The van der Waals surface area contributed by atoms with Crippen LogP contribution in [0.3, 0.4) is 0 Å². The van der Waals surface area contributed by atoms with E-state index in [-0.39, 0.29) is 0 Å². The second-order valence-electron chi connectivity index (χ2n) is 5.88. The number of fused-ring (bicyclic) bond motifs is 1. The first kappa shape index (κ1) is 11.1. The Kier molecular flexibility index (Phi) is 2.62. The zero-order chi connectivity index (χ0) is 11.9. The molecule has 1 fully saturated rings. The summed E-state index contributed by atoms with van der Waals surface area (Å²) in [6.07, 6.45) is 5.63. The lowest BCUT2D eigenvalue weighted by atomic mass is 9.67. The summed E-state index contributed by atoms with van der Waals surface area (Å²) in [4.78, 5) is 2.60. The first-order chi connectivity index (χ1) is 8.21. The number of benzene rings is 1. The van der Waals surface area contributed by atoms with Gasteiger partial charge in [0.25, 0.3) is 0 Å². The summed E-state index contributed by atoms with van der Waals surface area (Å²) in [5.74, 6) is 0. The number of hydrogen-bond acceptors (Lipinski definition) is 2. The monoisotopic (exact) mass is 230 g/mol. The van der Waals surface area contributed by atoms with Crippen molar-refractivity contribution in [1.29, 1.82) is 0 Å². The van der Waals surface area contributed by atoms with E-state index in [9.17, 15) is 0 Å². The highest BCUT2D eigenvalue weighted by Crippen LogP contribution is 2.45. The number of rotatable bonds is 3. The van der Waals surface area contributed by atoms with Gasteiger partial charge in [0, 0.05) is 25.3 Å². The molecule has 1 aromatic carbocycles. The highest BCUT2D eigenvalue weighted by Gasteiger charge is 2.37. The van der Waals surface area contributed by atoms with Crippen molar-refractivity contribution in [2.24, 2.45) is 5.41 Å². The number of nitrogens with zero attached hydrogens (tertiary/aromatic N) is 1. The molecule has 0 atom stereocenters. The maximum atomic E-state index is 5.85. The molecule has 1 heterocycles. The van der Waals surface area contributed by atoms with Crippen molar-refractivity contribution in [1.82, 2.24) is 4.90 Å². The molecule has 1 aliphatic carbocycles. The third kappa shape index (κ3) is 1.95. The first-order valence-electron chi connectivity index (χ1n) is 6.80. The van der Waals surface area contributed by atoms with Gasteiger partial charge in [0.2, 0.25) is 0 Å². The summed E-state index contributed by atoms with van der Waals surface area (Å²) in [5.41, 5.74) is 10.3. The Balaban J connectivity index is 1.70. The maximum absolute atomic E-state index is 5.85. The maximum Gasteiger partial charge on any atom is 0.0317 e. The second-order valence-corrected chi connectivity index (χ2v) is 5.88. The van der Waals surface area contributed by atoms with Gasteiger partial charge in [-0.1, -0.05) is 19.4 Å². The molecule has 17 heavy (non-hydrogen) atoms. The third-order valence-electron chi connectivity index (χ3n) is 4.74. The van der Waals surface area contributed by atoms with Crippen LogP contribution in [0.5, 0.6) is 0 Å². The molecule has 1 saturated carbocycles. The van der Waals surface area contributed by atoms with Crippen LogP contribution in [0.1, 0.15) is 43.7 Å². The zero-order valence-corrected chi connectivity index (χ0v) is 10.7. The average molecular weight is 230 g/mol. The van der Waals surface area contributed by atoms with Crippen LogP contribution >= 0.6 is 0 Å². The largest absolute Gasteiger partial charge is 0.399 e. The molecule has 1 aliphatic heterocycles. The summed E-state index contributed by atoms with van der Waals surface area (Å²) < 4.78 is 0. The molecule has 1 aromatic rings. The normalized spacial score (nSPS) is 22.2. The summed E-state index contributed by atoms with van der Waals surface area (Å²) in [6, 6.07) is 6.38. The van der Waals surface area contributed by atoms with E-state index in [0.29, 0.717) is 5.41 Å². The Morgan fingerprint density at radius 1 is 1.24 bits per heavy atom. The number of hydrogen-bond donors (Lipinski definition) is 1. The molecule has 2 heteroatoms. The minimum atomic E-state index is 0.633. The van der Waals surface area contributed by atoms with Crippen molar-refractivity contribution in [3.05, 3.63) is 29.3 Å². The Morgan fingerprint density at radius 3 is 2.65 bits per heavy atom. The summed E-state index contributed by atoms with van der Waals surface area (Å²) >= 11 is 0. The predicted molar refractivity (Wildman–Crippen MR) is 71.5 cm³/mol. The molecule has 2 N–H and O–H groups in total. The molecule has 3 rings (SSSR count). The van der Waals surface area contributed by atoms with E-state index in [1.807, 2.05) is 6.07 Å². The van der Waals surface area contributed by atoms with Crippen LogP contribution in [-0.2, 0) is 13.1 Å². The first-order valence-corrected chi connectivity index (χ1v) is 6.80. The van der Waals surface area contributed by atoms with Crippen molar-refractivity contribution in [3.63, 3.8) is 0 Å². The molecule has 92 valence electrons. The quantitative estimate of drug-likeness (QED) is 0.808. The molecular weight excluding hydrogens is 208 g/mol. The Morgan fingerprint density at radius 2 is 2.00 bits per heavy atom. The van der Waals surface area contributed by atoms with Gasteiger partial charge < -0.3 is 5.73 Å². The van der Waals surface area contributed by atoms with Crippen molar-refractivity contribution < 1.29 is 0 Å².